The lowest BCUT2D eigenvalue weighted by Gasteiger charge is -2.34. The number of amides is 1. The van der Waals surface area contributed by atoms with Crippen molar-refractivity contribution in [3.05, 3.63) is 90.0 Å². The Kier molecular flexibility index (Phi) is 6.96. The summed E-state index contributed by atoms with van der Waals surface area (Å²) in [4.78, 5) is 12.9. The molecule has 0 saturated heterocycles. The van der Waals surface area contributed by atoms with Gasteiger partial charge in [0, 0.05) is 6.54 Å². The summed E-state index contributed by atoms with van der Waals surface area (Å²) in [5.41, 5.74) is 2.42. The normalized spacial score (nSPS) is 15.4. The summed E-state index contributed by atoms with van der Waals surface area (Å²) in [6, 6.07) is 23.2. The van der Waals surface area contributed by atoms with E-state index in [9.17, 15) is 13.2 Å². The second-order valence-electron chi connectivity index (χ2n) is 7.75. The largest absolute Gasteiger partial charge is 0.476 e. The van der Waals surface area contributed by atoms with Gasteiger partial charge in [-0.25, -0.2) is 8.42 Å². The van der Waals surface area contributed by atoms with Crippen LogP contribution >= 0.6 is 0 Å². The summed E-state index contributed by atoms with van der Waals surface area (Å²) in [5, 5.41) is 2.78. The van der Waals surface area contributed by atoms with Gasteiger partial charge >= 0.3 is 0 Å². The Morgan fingerprint density at radius 3 is 2.48 bits per heavy atom. The first-order chi connectivity index (χ1) is 15.9. The number of aryl methyl sites for hydroxylation is 1. The lowest BCUT2D eigenvalue weighted by molar-refractivity contribution is -0.128. The van der Waals surface area contributed by atoms with E-state index in [1.165, 1.54) is 4.31 Å². The molecule has 0 unspecified atom stereocenters. The molecular weight excluding hydrogens is 440 g/mol. The summed E-state index contributed by atoms with van der Waals surface area (Å²) in [5.74, 6) is -0.0446. The van der Waals surface area contributed by atoms with Crippen molar-refractivity contribution >= 4 is 21.6 Å². The lowest BCUT2D eigenvalue weighted by Crippen LogP contribution is -2.51. The summed E-state index contributed by atoms with van der Waals surface area (Å²) in [7, 11) is -3.87. The Balaban J connectivity index is 1.42. The zero-order valence-corrected chi connectivity index (χ0v) is 19.1. The minimum atomic E-state index is -3.87. The number of anilines is 1. The van der Waals surface area contributed by atoms with Crippen LogP contribution in [0.2, 0.25) is 0 Å². The van der Waals surface area contributed by atoms with Crippen LogP contribution in [-0.4, -0.2) is 40.1 Å². The van der Waals surface area contributed by atoms with Crippen LogP contribution in [0.1, 0.15) is 11.1 Å². The van der Waals surface area contributed by atoms with Crippen molar-refractivity contribution in [3.8, 4) is 5.75 Å². The number of carbonyl (C=O) groups excluding carboxylic acids is 1. The van der Waals surface area contributed by atoms with Crippen molar-refractivity contribution in [3.63, 3.8) is 0 Å². The highest BCUT2D eigenvalue weighted by atomic mass is 32.2. The minimum absolute atomic E-state index is 0.121. The number of nitrogens with one attached hydrogen (secondary N) is 1. The Morgan fingerprint density at radius 1 is 1.03 bits per heavy atom. The van der Waals surface area contributed by atoms with Crippen LogP contribution in [-0.2, 0) is 26.2 Å². The smallest absolute Gasteiger partial charge is 0.264 e. The summed E-state index contributed by atoms with van der Waals surface area (Å²) in [6.07, 6.45) is -0.978. The van der Waals surface area contributed by atoms with Crippen molar-refractivity contribution < 1.29 is 22.7 Å². The van der Waals surface area contributed by atoms with Gasteiger partial charge in [0.05, 0.1) is 30.3 Å². The molecule has 1 atom stereocenters. The molecule has 1 aliphatic rings. The van der Waals surface area contributed by atoms with Crippen molar-refractivity contribution in [1.82, 2.24) is 5.32 Å². The number of nitrogens with zero attached hydrogens (tertiary/aromatic N) is 1. The maximum Gasteiger partial charge on any atom is 0.264 e. The molecule has 7 nitrogen and oxygen atoms in total. The number of hydrogen-bond donors (Lipinski definition) is 1. The van der Waals surface area contributed by atoms with Crippen LogP contribution in [0.15, 0.2) is 83.8 Å². The second-order valence-corrected chi connectivity index (χ2v) is 9.61. The Bertz CT molecular complexity index is 1200. The number of sulfonamides is 1. The maximum atomic E-state index is 13.4. The molecule has 0 bridgehead atoms. The maximum absolute atomic E-state index is 13.4. The zero-order chi connectivity index (χ0) is 23.3. The van der Waals surface area contributed by atoms with E-state index in [0.29, 0.717) is 24.7 Å². The summed E-state index contributed by atoms with van der Waals surface area (Å²) >= 11 is 0. The second kappa shape index (κ2) is 10.1. The van der Waals surface area contributed by atoms with Crippen LogP contribution in [0.5, 0.6) is 5.75 Å². The van der Waals surface area contributed by atoms with Gasteiger partial charge in [-0.15, -0.1) is 0 Å². The number of ether oxygens (including phenoxy) is 2. The average Bonchev–Trinajstić information content (AvgIpc) is 2.84. The first kappa shape index (κ1) is 22.8. The first-order valence-electron chi connectivity index (χ1n) is 10.7. The number of carbonyl (C=O) groups is 1. The Hall–Kier alpha value is -3.36. The van der Waals surface area contributed by atoms with Crippen molar-refractivity contribution in [1.29, 1.82) is 0 Å². The highest BCUT2D eigenvalue weighted by Gasteiger charge is 2.37. The molecule has 0 saturated carbocycles. The van der Waals surface area contributed by atoms with Gasteiger partial charge in [0.2, 0.25) is 0 Å². The van der Waals surface area contributed by atoms with E-state index in [4.69, 9.17) is 9.47 Å². The topological polar surface area (TPSA) is 84.9 Å². The van der Waals surface area contributed by atoms with E-state index in [0.717, 1.165) is 11.1 Å². The van der Waals surface area contributed by atoms with Crippen molar-refractivity contribution in [2.24, 2.45) is 0 Å². The van der Waals surface area contributed by atoms with Crippen LogP contribution < -0.4 is 14.4 Å². The van der Waals surface area contributed by atoms with Gasteiger partial charge in [-0.05, 0) is 36.8 Å². The van der Waals surface area contributed by atoms with E-state index < -0.39 is 22.0 Å². The molecular formula is C25H26N2O5S. The molecule has 1 amide bonds. The highest BCUT2D eigenvalue weighted by Crippen LogP contribution is 2.36. The van der Waals surface area contributed by atoms with Gasteiger partial charge < -0.3 is 14.8 Å². The van der Waals surface area contributed by atoms with Crippen molar-refractivity contribution in [2.75, 3.05) is 24.0 Å². The van der Waals surface area contributed by atoms with Gasteiger partial charge in [-0.2, -0.15) is 0 Å². The molecule has 33 heavy (non-hydrogen) atoms. The molecule has 1 N–H and O–H groups in total. The monoisotopic (exact) mass is 466 g/mol. The van der Waals surface area contributed by atoms with E-state index >= 15 is 0 Å². The molecule has 1 aliphatic heterocycles. The Morgan fingerprint density at radius 2 is 1.73 bits per heavy atom. The van der Waals surface area contributed by atoms with Crippen LogP contribution in [0.25, 0.3) is 0 Å². The zero-order valence-electron chi connectivity index (χ0n) is 18.3. The fourth-order valence-corrected chi connectivity index (χ4v) is 5.00. The molecule has 0 radical (unpaired) electrons. The number of para-hydroxylation sites is 2. The minimum Gasteiger partial charge on any atom is -0.476 e. The lowest BCUT2D eigenvalue weighted by atomic mass is 10.2. The summed E-state index contributed by atoms with van der Waals surface area (Å²) < 4.78 is 39.4. The molecule has 172 valence electrons. The van der Waals surface area contributed by atoms with E-state index in [1.54, 1.807) is 48.5 Å². The number of fused-ring (bicyclic) bond motifs is 1. The molecule has 0 spiro atoms. The van der Waals surface area contributed by atoms with Gasteiger partial charge in [0.1, 0.15) is 5.75 Å². The molecule has 1 heterocycles. The average molecular weight is 467 g/mol. The molecule has 3 aromatic carbocycles. The number of benzene rings is 3. The molecule has 8 heteroatoms. The van der Waals surface area contributed by atoms with Crippen molar-refractivity contribution in [2.45, 2.75) is 24.5 Å². The van der Waals surface area contributed by atoms with Gasteiger partial charge in [-0.1, -0.05) is 60.2 Å². The number of hydrogen-bond acceptors (Lipinski definition) is 5. The fourth-order valence-electron chi connectivity index (χ4n) is 3.53. The molecule has 0 aliphatic carbocycles. The molecule has 3 aromatic rings. The predicted molar refractivity (Wildman–Crippen MR) is 126 cm³/mol. The van der Waals surface area contributed by atoms with Crippen LogP contribution in [0, 0.1) is 6.92 Å². The fraction of sp³-hybridized carbons (Fsp3) is 0.240. The molecule has 0 fully saturated rings. The predicted octanol–water partition coefficient (Wildman–Crippen LogP) is 3.28. The standard InChI is InChI=1S/C25H26N2O5S/c1-19-11-13-21(14-12-19)33(29,30)27-17-24(32-23-10-6-5-9-22(23)27)25(28)26-15-16-31-18-20-7-3-2-4-8-20/h2-14,24H,15-18H2,1H3,(H,26,28)/t24-/m1/s1. The quantitative estimate of drug-likeness (QED) is 0.515. The highest BCUT2D eigenvalue weighted by molar-refractivity contribution is 7.92. The van der Waals surface area contributed by atoms with E-state index in [1.807, 2.05) is 37.3 Å². The SMILES string of the molecule is Cc1ccc(S(=O)(=O)N2C[C@H](C(=O)NCCOCc3ccccc3)Oc3ccccc32)cc1. The third kappa shape index (κ3) is 5.35. The molecule has 0 aromatic heterocycles. The Labute approximate surface area is 194 Å². The third-order valence-electron chi connectivity index (χ3n) is 5.29. The first-order valence-corrected chi connectivity index (χ1v) is 12.1. The van der Waals surface area contributed by atoms with Gasteiger partial charge in [0.15, 0.2) is 6.10 Å². The number of rotatable bonds is 8. The van der Waals surface area contributed by atoms with E-state index in [2.05, 4.69) is 5.32 Å². The van der Waals surface area contributed by atoms with Crippen LogP contribution in [0.4, 0.5) is 5.69 Å². The third-order valence-corrected chi connectivity index (χ3v) is 7.09. The van der Waals surface area contributed by atoms with Gasteiger partial charge in [-0.3, -0.25) is 9.10 Å². The van der Waals surface area contributed by atoms with Crippen LogP contribution in [0.3, 0.4) is 0 Å². The van der Waals surface area contributed by atoms with Gasteiger partial charge in [0.25, 0.3) is 15.9 Å². The van der Waals surface area contributed by atoms with E-state index in [-0.39, 0.29) is 18.0 Å². The molecule has 4 rings (SSSR count). The summed E-state index contributed by atoms with van der Waals surface area (Å²) in [6.45, 7) is 2.84.